The third kappa shape index (κ3) is 1.40. The quantitative estimate of drug-likeness (QED) is 0.709. The lowest BCUT2D eigenvalue weighted by molar-refractivity contribution is -0.208. The van der Waals surface area contributed by atoms with Crippen LogP contribution in [-0.2, 0) is 14.4 Å². The molecule has 4 saturated carbocycles. The minimum absolute atomic E-state index is 0.0796. The topological polar surface area (TPSA) is 112 Å². The van der Waals surface area contributed by atoms with Gasteiger partial charge in [0.2, 0.25) is 0 Å². The largest absolute Gasteiger partial charge is 0.481 e. The number of aliphatic carboxylic acids is 3. The van der Waals surface area contributed by atoms with Crippen molar-refractivity contribution < 1.29 is 29.7 Å². The van der Waals surface area contributed by atoms with Gasteiger partial charge in [-0.2, -0.15) is 0 Å². The number of carboxylic acid groups (broad SMARTS) is 3. The Balaban J connectivity index is 2.13. The Bertz CT molecular complexity index is 416. The summed E-state index contributed by atoms with van der Waals surface area (Å²) in [6.07, 6.45) is 1.51. The summed E-state index contributed by atoms with van der Waals surface area (Å²) in [7, 11) is 0. The van der Waals surface area contributed by atoms with Gasteiger partial charge in [0.25, 0.3) is 0 Å². The first-order chi connectivity index (χ1) is 8.74. The van der Waals surface area contributed by atoms with E-state index in [1.54, 1.807) is 0 Å². The predicted octanol–water partition coefficient (Wildman–Crippen LogP) is 1.20. The van der Waals surface area contributed by atoms with Crippen LogP contribution in [0, 0.1) is 22.2 Å². The molecular formula is C13H16O6. The van der Waals surface area contributed by atoms with E-state index in [-0.39, 0.29) is 25.2 Å². The van der Waals surface area contributed by atoms with Crippen LogP contribution in [0.15, 0.2) is 0 Å². The van der Waals surface area contributed by atoms with E-state index in [0.717, 1.165) is 0 Å². The van der Waals surface area contributed by atoms with Gasteiger partial charge in [-0.05, 0) is 44.4 Å². The summed E-state index contributed by atoms with van der Waals surface area (Å²) in [5, 5.41) is 28.5. The van der Waals surface area contributed by atoms with Gasteiger partial charge in [-0.1, -0.05) is 0 Å². The molecular weight excluding hydrogens is 252 g/mol. The lowest BCUT2D eigenvalue weighted by Crippen LogP contribution is -2.63. The van der Waals surface area contributed by atoms with Gasteiger partial charge in [0.15, 0.2) is 0 Å². The molecule has 0 aliphatic heterocycles. The molecule has 0 unspecified atom stereocenters. The van der Waals surface area contributed by atoms with E-state index < -0.39 is 34.2 Å². The van der Waals surface area contributed by atoms with Crippen LogP contribution in [-0.4, -0.2) is 33.2 Å². The number of hydrogen-bond donors (Lipinski definition) is 3. The van der Waals surface area contributed by atoms with Crippen molar-refractivity contribution in [2.75, 3.05) is 0 Å². The Morgan fingerprint density at radius 1 is 0.684 bits per heavy atom. The summed E-state index contributed by atoms with van der Waals surface area (Å²) in [5.74, 6) is -3.20. The van der Waals surface area contributed by atoms with Crippen LogP contribution in [0.3, 0.4) is 0 Å². The third-order valence-electron chi connectivity index (χ3n) is 5.43. The first-order valence-corrected chi connectivity index (χ1v) is 6.44. The van der Waals surface area contributed by atoms with Crippen molar-refractivity contribution in [2.24, 2.45) is 22.2 Å². The molecule has 4 bridgehead atoms. The SMILES string of the molecule is O=C(O)C12CC3CC(C(=O)O)(C1)CC(C(=O)O)(C3)C2. The maximum absolute atomic E-state index is 11.6. The molecule has 6 nitrogen and oxygen atoms in total. The summed E-state index contributed by atoms with van der Waals surface area (Å²) in [6.45, 7) is 0. The van der Waals surface area contributed by atoms with Crippen molar-refractivity contribution in [3.8, 4) is 0 Å². The number of rotatable bonds is 3. The zero-order valence-electron chi connectivity index (χ0n) is 10.4. The maximum Gasteiger partial charge on any atom is 0.309 e. The van der Waals surface area contributed by atoms with Crippen LogP contribution in [0.25, 0.3) is 0 Å². The van der Waals surface area contributed by atoms with Crippen LogP contribution in [0.2, 0.25) is 0 Å². The van der Waals surface area contributed by atoms with Crippen molar-refractivity contribution >= 4 is 17.9 Å². The van der Waals surface area contributed by atoms with Crippen LogP contribution < -0.4 is 0 Å². The summed E-state index contributed by atoms with van der Waals surface area (Å²) >= 11 is 0. The molecule has 4 rings (SSSR count). The molecule has 0 radical (unpaired) electrons. The van der Waals surface area contributed by atoms with Gasteiger partial charge < -0.3 is 15.3 Å². The van der Waals surface area contributed by atoms with Gasteiger partial charge in [-0.3, -0.25) is 14.4 Å². The summed E-state index contributed by atoms with van der Waals surface area (Å²) in [4.78, 5) is 34.8. The van der Waals surface area contributed by atoms with Crippen molar-refractivity contribution in [1.29, 1.82) is 0 Å². The second-order valence-electron chi connectivity index (χ2n) is 6.77. The monoisotopic (exact) mass is 268 g/mol. The first-order valence-electron chi connectivity index (χ1n) is 6.44. The fraction of sp³-hybridized carbons (Fsp3) is 0.769. The highest BCUT2D eigenvalue weighted by Gasteiger charge is 2.70. The van der Waals surface area contributed by atoms with Crippen molar-refractivity contribution in [2.45, 2.75) is 38.5 Å². The molecule has 0 aromatic carbocycles. The van der Waals surface area contributed by atoms with E-state index in [1.807, 2.05) is 0 Å². The van der Waals surface area contributed by atoms with Crippen molar-refractivity contribution in [1.82, 2.24) is 0 Å². The predicted molar refractivity (Wildman–Crippen MR) is 61.4 cm³/mol. The number of hydrogen-bond acceptors (Lipinski definition) is 3. The molecule has 104 valence electrons. The highest BCUT2D eigenvalue weighted by Crippen LogP contribution is 2.70. The van der Waals surface area contributed by atoms with E-state index in [9.17, 15) is 29.7 Å². The highest BCUT2D eigenvalue weighted by atomic mass is 16.4. The fourth-order valence-corrected chi connectivity index (χ4v) is 5.15. The molecule has 0 spiro atoms. The molecule has 0 aromatic heterocycles. The molecule has 4 fully saturated rings. The Hall–Kier alpha value is -1.59. The molecule has 0 heterocycles. The lowest BCUT2D eigenvalue weighted by Gasteiger charge is -2.62. The van der Waals surface area contributed by atoms with Crippen LogP contribution in [0.1, 0.15) is 38.5 Å². The van der Waals surface area contributed by atoms with Gasteiger partial charge in [-0.25, -0.2) is 0 Å². The summed E-state index contributed by atoms with van der Waals surface area (Å²) in [5.41, 5.74) is -3.47. The Labute approximate surface area is 109 Å². The molecule has 0 amide bonds. The molecule has 0 aromatic rings. The summed E-state index contributed by atoms with van der Waals surface area (Å²) < 4.78 is 0. The van der Waals surface area contributed by atoms with E-state index in [0.29, 0.717) is 19.3 Å². The number of carboxylic acids is 3. The van der Waals surface area contributed by atoms with Crippen LogP contribution in [0.5, 0.6) is 0 Å². The Morgan fingerprint density at radius 2 is 0.947 bits per heavy atom. The van der Waals surface area contributed by atoms with E-state index in [4.69, 9.17) is 0 Å². The zero-order valence-corrected chi connectivity index (χ0v) is 10.4. The maximum atomic E-state index is 11.6. The van der Waals surface area contributed by atoms with E-state index in [2.05, 4.69) is 0 Å². The molecule has 4 aliphatic rings. The summed E-state index contributed by atoms with van der Waals surface area (Å²) in [6, 6.07) is 0. The van der Waals surface area contributed by atoms with Gasteiger partial charge in [-0.15, -0.1) is 0 Å². The van der Waals surface area contributed by atoms with E-state index in [1.165, 1.54) is 0 Å². The Morgan fingerprint density at radius 3 is 1.16 bits per heavy atom. The van der Waals surface area contributed by atoms with Crippen molar-refractivity contribution in [3.63, 3.8) is 0 Å². The minimum atomic E-state index is -1.16. The molecule has 6 heteroatoms. The first kappa shape index (κ1) is 12.4. The average Bonchev–Trinajstić information content (AvgIpc) is 2.26. The van der Waals surface area contributed by atoms with Gasteiger partial charge in [0.05, 0.1) is 16.2 Å². The Kier molecular flexibility index (Phi) is 2.16. The van der Waals surface area contributed by atoms with Crippen molar-refractivity contribution in [3.05, 3.63) is 0 Å². The van der Waals surface area contributed by atoms with Gasteiger partial charge in [0, 0.05) is 0 Å². The third-order valence-corrected chi connectivity index (χ3v) is 5.43. The molecule has 4 aliphatic carbocycles. The second kappa shape index (κ2) is 3.29. The minimum Gasteiger partial charge on any atom is -0.481 e. The standard InChI is InChI=1S/C13H16O6/c14-8(15)11-1-7-2-12(4-11,9(16)17)6-13(3-7,5-11)10(18)19/h7H,1-6H2,(H,14,15)(H,16,17)(H,18,19). The number of carbonyl (C=O) groups is 3. The second-order valence-corrected chi connectivity index (χ2v) is 6.77. The highest BCUT2D eigenvalue weighted by molar-refractivity contribution is 5.85. The molecule has 3 N–H and O–H groups in total. The molecule has 19 heavy (non-hydrogen) atoms. The molecule has 0 saturated heterocycles. The average molecular weight is 268 g/mol. The molecule has 0 atom stereocenters. The van der Waals surface area contributed by atoms with Gasteiger partial charge >= 0.3 is 17.9 Å². The van der Waals surface area contributed by atoms with Crippen LogP contribution >= 0.6 is 0 Å². The fourth-order valence-electron chi connectivity index (χ4n) is 5.15. The van der Waals surface area contributed by atoms with Gasteiger partial charge in [0.1, 0.15) is 0 Å². The zero-order chi connectivity index (χ0) is 14.1. The smallest absolute Gasteiger partial charge is 0.309 e. The normalized spacial score (nSPS) is 47.1. The lowest BCUT2D eigenvalue weighted by atomic mass is 9.39. The van der Waals surface area contributed by atoms with E-state index >= 15 is 0 Å². The van der Waals surface area contributed by atoms with Crippen LogP contribution in [0.4, 0.5) is 0 Å².